The molecular formula is C26H22ClN3O4. The molecule has 0 bridgehead atoms. The van der Waals surface area contributed by atoms with Crippen molar-refractivity contribution in [2.75, 3.05) is 5.32 Å². The van der Waals surface area contributed by atoms with Gasteiger partial charge in [-0.1, -0.05) is 66.2 Å². The quantitative estimate of drug-likeness (QED) is 0.336. The van der Waals surface area contributed by atoms with Gasteiger partial charge >= 0.3 is 12.1 Å². The molecule has 172 valence electrons. The summed E-state index contributed by atoms with van der Waals surface area (Å²) in [5.41, 5.74) is 4.38. The molecule has 4 aromatic rings. The Morgan fingerprint density at radius 1 is 0.971 bits per heavy atom. The van der Waals surface area contributed by atoms with E-state index in [1.54, 1.807) is 55.2 Å². The maximum atomic E-state index is 12.6. The van der Waals surface area contributed by atoms with Crippen LogP contribution in [-0.4, -0.2) is 26.9 Å². The highest BCUT2D eigenvalue weighted by Gasteiger charge is 2.18. The zero-order chi connectivity index (χ0) is 24.2. The molecule has 3 aromatic carbocycles. The number of ether oxygens (including phenoxy) is 1. The highest BCUT2D eigenvalue weighted by atomic mass is 35.5. The molecule has 1 amide bonds. The molecule has 0 fully saturated rings. The Balaban J connectivity index is 1.50. The van der Waals surface area contributed by atoms with Crippen LogP contribution in [0.1, 0.15) is 28.9 Å². The summed E-state index contributed by atoms with van der Waals surface area (Å²) < 4.78 is 7.09. The molecule has 1 heterocycles. The second-order valence-corrected chi connectivity index (χ2v) is 8.09. The molecule has 8 heteroatoms. The Hall–Kier alpha value is -4.10. The van der Waals surface area contributed by atoms with Gasteiger partial charge in [0.15, 0.2) is 0 Å². The van der Waals surface area contributed by atoms with Gasteiger partial charge < -0.3 is 9.84 Å². The molecule has 1 atom stereocenters. The summed E-state index contributed by atoms with van der Waals surface area (Å²) >= 11 is 6.20. The number of aromatic nitrogens is 2. The van der Waals surface area contributed by atoms with E-state index in [9.17, 15) is 9.59 Å². The Morgan fingerprint density at radius 2 is 1.56 bits per heavy atom. The molecule has 0 saturated heterocycles. The van der Waals surface area contributed by atoms with E-state index in [1.807, 2.05) is 42.5 Å². The third kappa shape index (κ3) is 4.94. The average molecular weight is 476 g/mol. The molecule has 0 aliphatic rings. The predicted molar refractivity (Wildman–Crippen MR) is 131 cm³/mol. The molecule has 7 nitrogen and oxygen atoms in total. The van der Waals surface area contributed by atoms with Crippen LogP contribution in [0.4, 0.5) is 10.6 Å². The summed E-state index contributed by atoms with van der Waals surface area (Å²) in [6.45, 7) is 1.76. The van der Waals surface area contributed by atoms with Crippen LogP contribution in [0.25, 0.3) is 22.3 Å². The molecule has 1 unspecified atom stereocenters. The monoisotopic (exact) mass is 475 g/mol. The predicted octanol–water partition coefficient (Wildman–Crippen LogP) is 6.42. The first-order valence-electron chi connectivity index (χ1n) is 10.5. The Bertz CT molecular complexity index is 1330. The standard InChI is InChI=1S/C26H22ClN3O4/c1-16(21-5-3-4-6-23(21)27)34-26(33)29-24-22(15-28-30(24)2)19-11-7-17(8-12-19)18-9-13-20(14-10-18)25(31)32/h3-16H,1-2H3,(H,29,33)(H,31,32). The number of halogens is 1. The lowest BCUT2D eigenvalue weighted by Crippen LogP contribution is -2.18. The van der Waals surface area contributed by atoms with Crippen molar-refractivity contribution >= 4 is 29.5 Å². The second kappa shape index (κ2) is 9.80. The third-order valence-corrected chi connectivity index (χ3v) is 5.79. The smallest absolute Gasteiger partial charge is 0.413 e. The van der Waals surface area contributed by atoms with Crippen LogP contribution in [0.2, 0.25) is 5.02 Å². The SMILES string of the molecule is CC(OC(=O)Nc1c(-c2ccc(-c3ccc(C(=O)O)cc3)cc2)cnn1C)c1ccccc1Cl. The summed E-state index contributed by atoms with van der Waals surface area (Å²) in [6.07, 6.45) is 0.522. The normalized spacial score (nSPS) is 11.6. The minimum absolute atomic E-state index is 0.238. The molecule has 0 radical (unpaired) electrons. The van der Waals surface area contributed by atoms with Gasteiger partial charge in [-0.15, -0.1) is 0 Å². The Labute approximate surface area is 201 Å². The van der Waals surface area contributed by atoms with Gasteiger partial charge in [-0.25, -0.2) is 9.59 Å². The van der Waals surface area contributed by atoms with Gasteiger partial charge in [0.2, 0.25) is 0 Å². The molecule has 2 N–H and O–H groups in total. The number of carbonyl (C=O) groups is 2. The van der Waals surface area contributed by atoms with Crippen molar-refractivity contribution in [3.8, 4) is 22.3 Å². The summed E-state index contributed by atoms with van der Waals surface area (Å²) in [4.78, 5) is 23.7. The fourth-order valence-electron chi connectivity index (χ4n) is 3.60. The number of aryl methyl sites for hydroxylation is 1. The van der Waals surface area contributed by atoms with E-state index in [0.29, 0.717) is 10.8 Å². The van der Waals surface area contributed by atoms with Gasteiger partial charge in [0.05, 0.1) is 11.8 Å². The summed E-state index contributed by atoms with van der Waals surface area (Å²) in [5, 5.41) is 16.6. The average Bonchev–Trinajstić information content (AvgIpc) is 3.19. The number of benzene rings is 3. The molecule has 34 heavy (non-hydrogen) atoms. The fraction of sp³-hybridized carbons (Fsp3) is 0.115. The summed E-state index contributed by atoms with van der Waals surface area (Å²) in [6, 6.07) is 21.6. The van der Waals surface area contributed by atoms with Crippen LogP contribution >= 0.6 is 11.6 Å². The molecule has 1 aromatic heterocycles. The molecule has 0 saturated carbocycles. The molecular weight excluding hydrogens is 454 g/mol. The number of nitrogens with zero attached hydrogens (tertiary/aromatic N) is 2. The molecule has 4 rings (SSSR count). The van der Waals surface area contributed by atoms with Gasteiger partial charge in [0.25, 0.3) is 0 Å². The number of carboxylic acid groups (broad SMARTS) is 1. The number of hydrogen-bond acceptors (Lipinski definition) is 4. The van der Waals surface area contributed by atoms with E-state index in [-0.39, 0.29) is 5.56 Å². The van der Waals surface area contributed by atoms with E-state index >= 15 is 0 Å². The lowest BCUT2D eigenvalue weighted by atomic mass is 10.0. The van der Waals surface area contributed by atoms with Gasteiger partial charge in [0, 0.05) is 23.2 Å². The number of carbonyl (C=O) groups excluding carboxylic acids is 1. The highest BCUT2D eigenvalue weighted by molar-refractivity contribution is 6.31. The lowest BCUT2D eigenvalue weighted by molar-refractivity contribution is 0.0696. The van der Waals surface area contributed by atoms with Crippen molar-refractivity contribution < 1.29 is 19.4 Å². The molecule has 0 spiro atoms. The van der Waals surface area contributed by atoms with E-state index < -0.39 is 18.2 Å². The lowest BCUT2D eigenvalue weighted by Gasteiger charge is -2.16. The maximum Gasteiger partial charge on any atom is 0.413 e. The first-order chi connectivity index (χ1) is 16.3. The van der Waals surface area contributed by atoms with Crippen LogP contribution in [-0.2, 0) is 11.8 Å². The highest BCUT2D eigenvalue weighted by Crippen LogP contribution is 2.31. The minimum Gasteiger partial charge on any atom is -0.478 e. The van der Waals surface area contributed by atoms with E-state index in [0.717, 1.165) is 27.8 Å². The van der Waals surface area contributed by atoms with E-state index in [4.69, 9.17) is 21.4 Å². The Morgan fingerprint density at radius 3 is 2.18 bits per heavy atom. The third-order valence-electron chi connectivity index (χ3n) is 5.45. The molecule has 0 aliphatic carbocycles. The second-order valence-electron chi connectivity index (χ2n) is 7.68. The summed E-state index contributed by atoms with van der Waals surface area (Å²) in [7, 11) is 1.73. The number of amides is 1. The zero-order valence-electron chi connectivity index (χ0n) is 18.5. The maximum absolute atomic E-state index is 12.6. The van der Waals surface area contributed by atoms with Crippen molar-refractivity contribution in [3.63, 3.8) is 0 Å². The van der Waals surface area contributed by atoms with Gasteiger partial charge in [-0.05, 0) is 41.8 Å². The number of rotatable bonds is 6. The number of nitrogens with one attached hydrogen (secondary N) is 1. The first-order valence-corrected chi connectivity index (χ1v) is 10.9. The van der Waals surface area contributed by atoms with Crippen LogP contribution in [0, 0.1) is 0 Å². The van der Waals surface area contributed by atoms with Crippen molar-refractivity contribution in [1.82, 2.24) is 9.78 Å². The van der Waals surface area contributed by atoms with Crippen molar-refractivity contribution in [2.45, 2.75) is 13.0 Å². The molecule has 0 aliphatic heterocycles. The summed E-state index contributed by atoms with van der Waals surface area (Å²) in [5.74, 6) is -0.465. The van der Waals surface area contributed by atoms with Crippen LogP contribution in [0.3, 0.4) is 0 Å². The van der Waals surface area contributed by atoms with Crippen molar-refractivity contribution in [3.05, 3.63) is 95.1 Å². The number of aromatic carboxylic acids is 1. The van der Waals surface area contributed by atoms with Crippen molar-refractivity contribution in [2.24, 2.45) is 7.05 Å². The van der Waals surface area contributed by atoms with Crippen LogP contribution in [0.15, 0.2) is 79.0 Å². The van der Waals surface area contributed by atoms with Crippen molar-refractivity contribution in [1.29, 1.82) is 0 Å². The zero-order valence-corrected chi connectivity index (χ0v) is 19.3. The Kier molecular flexibility index (Phi) is 6.65. The largest absolute Gasteiger partial charge is 0.478 e. The minimum atomic E-state index is -0.960. The van der Waals surface area contributed by atoms with Gasteiger partial charge in [-0.2, -0.15) is 5.10 Å². The van der Waals surface area contributed by atoms with E-state index in [1.165, 1.54) is 0 Å². The topological polar surface area (TPSA) is 93.4 Å². The van der Waals surface area contributed by atoms with Crippen LogP contribution in [0.5, 0.6) is 0 Å². The number of anilines is 1. The number of hydrogen-bond donors (Lipinski definition) is 2. The van der Waals surface area contributed by atoms with Gasteiger partial charge in [0.1, 0.15) is 11.9 Å². The van der Waals surface area contributed by atoms with E-state index in [2.05, 4.69) is 10.4 Å². The first kappa shape index (κ1) is 23.1. The fourth-order valence-corrected chi connectivity index (χ4v) is 3.89. The van der Waals surface area contributed by atoms with Gasteiger partial charge in [-0.3, -0.25) is 10.00 Å². The number of carboxylic acids is 1. The van der Waals surface area contributed by atoms with Crippen LogP contribution < -0.4 is 5.32 Å².